The summed E-state index contributed by atoms with van der Waals surface area (Å²) >= 11 is 0. The van der Waals surface area contributed by atoms with E-state index in [1.807, 2.05) is 0 Å². The van der Waals surface area contributed by atoms with E-state index in [1.165, 1.54) is 68.1 Å². The van der Waals surface area contributed by atoms with Crippen molar-refractivity contribution >= 4 is 0 Å². The Hall–Kier alpha value is -2.31. The zero-order chi connectivity index (χ0) is 27.1. The second kappa shape index (κ2) is 16.6. The SMILES string of the molecule is CC(C)CCOc1ccc(-c2ccc(C3CCCC(C#N)(CCCCCCCCCCCO)C3)cc2)cc1. The molecule has 2 aromatic rings. The largest absolute Gasteiger partial charge is 0.494 e. The highest BCUT2D eigenvalue weighted by atomic mass is 16.5. The van der Waals surface area contributed by atoms with Crippen molar-refractivity contribution in [1.82, 2.24) is 0 Å². The molecule has 1 aliphatic rings. The van der Waals surface area contributed by atoms with E-state index in [0.717, 1.165) is 57.3 Å². The van der Waals surface area contributed by atoms with E-state index in [1.54, 1.807) is 0 Å². The van der Waals surface area contributed by atoms with Crippen LogP contribution < -0.4 is 4.74 Å². The highest BCUT2D eigenvalue weighted by molar-refractivity contribution is 5.64. The Morgan fingerprint density at radius 1 is 0.868 bits per heavy atom. The summed E-state index contributed by atoms with van der Waals surface area (Å²) in [5.41, 5.74) is 3.70. The topological polar surface area (TPSA) is 53.2 Å². The number of ether oxygens (including phenoxy) is 1. The van der Waals surface area contributed by atoms with Crippen molar-refractivity contribution in [3.63, 3.8) is 0 Å². The molecule has 0 amide bonds. The molecule has 3 heteroatoms. The first-order valence-corrected chi connectivity index (χ1v) is 15.4. The Bertz CT molecular complexity index is 943. The van der Waals surface area contributed by atoms with Crippen LogP contribution in [0, 0.1) is 22.7 Å². The third kappa shape index (κ3) is 10.1. The van der Waals surface area contributed by atoms with Crippen molar-refractivity contribution in [1.29, 1.82) is 5.26 Å². The van der Waals surface area contributed by atoms with Crippen LogP contribution in [0.1, 0.15) is 122 Å². The summed E-state index contributed by atoms with van der Waals surface area (Å²) in [6, 6.07) is 20.3. The van der Waals surface area contributed by atoms with Crippen molar-refractivity contribution in [2.75, 3.05) is 13.2 Å². The molecule has 0 aromatic heterocycles. The number of aliphatic hydroxyl groups is 1. The second-order valence-corrected chi connectivity index (χ2v) is 12.0. The van der Waals surface area contributed by atoms with Gasteiger partial charge in [-0.05, 0) is 79.2 Å². The molecular weight excluding hydrogens is 466 g/mol. The van der Waals surface area contributed by atoms with Crippen LogP contribution in [0.2, 0.25) is 0 Å². The lowest BCUT2D eigenvalue weighted by Crippen LogP contribution is -2.26. The summed E-state index contributed by atoms with van der Waals surface area (Å²) in [6.07, 6.45) is 17.5. The quantitative estimate of drug-likeness (QED) is 0.212. The first kappa shape index (κ1) is 30.2. The molecule has 208 valence electrons. The number of unbranched alkanes of at least 4 members (excludes halogenated alkanes) is 8. The Balaban J connectivity index is 1.45. The molecule has 0 bridgehead atoms. The van der Waals surface area contributed by atoms with Crippen LogP contribution in [0.3, 0.4) is 0 Å². The molecule has 0 radical (unpaired) electrons. The fourth-order valence-corrected chi connectivity index (χ4v) is 5.95. The average Bonchev–Trinajstić information content (AvgIpc) is 2.94. The molecule has 3 nitrogen and oxygen atoms in total. The van der Waals surface area contributed by atoms with Gasteiger partial charge in [0.2, 0.25) is 0 Å². The van der Waals surface area contributed by atoms with Gasteiger partial charge in [-0.2, -0.15) is 5.26 Å². The minimum Gasteiger partial charge on any atom is -0.494 e. The molecule has 0 spiro atoms. The van der Waals surface area contributed by atoms with Gasteiger partial charge in [0, 0.05) is 6.61 Å². The maximum absolute atomic E-state index is 10.2. The smallest absolute Gasteiger partial charge is 0.119 e. The van der Waals surface area contributed by atoms with Crippen LogP contribution in [0.5, 0.6) is 5.75 Å². The van der Waals surface area contributed by atoms with E-state index < -0.39 is 0 Å². The Labute approximate surface area is 232 Å². The molecule has 1 fully saturated rings. The first-order valence-electron chi connectivity index (χ1n) is 15.4. The maximum atomic E-state index is 10.2. The van der Waals surface area contributed by atoms with Crippen LogP contribution in [0.15, 0.2) is 48.5 Å². The first-order chi connectivity index (χ1) is 18.5. The highest BCUT2D eigenvalue weighted by Gasteiger charge is 2.36. The summed E-state index contributed by atoms with van der Waals surface area (Å²) < 4.78 is 5.87. The molecule has 2 unspecified atom stereocenters. The average molecular weight is 518 g/mol. The van der Waals surface area contributed by atoms with Crippen molar-refractivity contribution in [2.45, 2.75) is 116 Å². The Morgan fingerprint density at radius 3 is 2.03 bits per heavy atom. The van der Waals surface area contributed by atoms with E-state index in [2.05, 4.69) is 68.4 Å². The van der Waals surface area contributed by atoms with Crippen LogP contribution in [0.25, 0.3) is 11.1 Å². The molecule has 38 heavy (non-hydrogen) atoms. The molecule has 0 saturated heterocycles. The minimum absolute atomic E-state index is 0.142. The van der Waals surface area contributed by atoms with Gasteiger partial charge in [0.25, 0.3) is 0 Å². The van der Waals surface area contributed by atoms with Crippen molar-refractivity contribution < 1.29 is 9.84 Å². The monoisotopic (exact) mass is 517 g/mol. The highest BCUT2D eigenvalue weighted by Crippen LogP contribution is 2.47. The number of hydrogen-bond donors (Lipinski definition) is 1. The van der Waals surface area contributed by atoms with Gasteiger partial charge < -0.3 is 9.84 Å². The van der Waals surface area contributed by atoms with Crippen molar-refractivity contribution in [3.05, 3.63) is 54.1 Å². The molecule has 2 aromatic carbocycles. The van der Waals surface area contributed by atoms with Crippen LogP contribution in [-0.2, 0) is 0 Å². The van der Waals surface area contributed by atoms with Crippen LogP contribution in [0.4, 0.5) is 0 Å². The van der Waals surface area contributed by atoms with Gasteiger partial charge in [0.15, 0.2) is 0 Å². The van der Waals surface area contributed by atoms with E-state index >= 15 is 0 Å². The van der Waals surface area contributed by atoms with Gasteiger partial charge in [0.1, 0.15) is 5.75 Å². The molecule has 0 aliphatic heterocycles. The lowest BCUT2D eigenvalue weighted by atomic mass is 9.66. The summed E-state index contributed by atoms with van der Waals surface area (Å²) in [7, 11) is 0. The third-order valence-electron chi connectivity index (χ3n) is 8.43. The summed E-state index contributed by atoms with van der Waals surface area (Å²) in [6.45, 7) is 5.54. The van der Waals surface area contributed by atoms with Crippen molar-refractivity contribution in [2.24, 2.45) is 11.3 Å². The number of aliphatic hydroxyl groups excluding tert-OH is 1. The van der Waals surface area contributed by atoms with E-state index in [0.29, 0.717) is 18.4 Å². The molecule has 2 atom stereocenters. The minimum atomic E-state index is -0.142. The summed E-state index contributed by atoms with van der Waals surface area (Å²) in [5.74, 6) is 2.09. The summed E-state index contributed by atoms with van der Waals surface area (Å²) in [5, 5.41) is 19.0. The van der Waals surface area contributed by atoms with Gasteiger partial charge in [-0.15, -0.1) is 0 Å². The lowest BCUT2D eigenvalue weighted by Gasteiger charge is -2.36. The van der Waals surface area contributed by atoms with Gasteiger partial charge in [-0.1, -0.05) is 108 Å². The predicted molar refractivity (Wildman–Crippen MR) is 159 cm³/mol. The van der Waals surface area contributed by atoms with Crippen LogP contribution in [-0.4, -0.2) is 18.3 Å². The zero-order valence-corrected chi connectivity index (χ0v) is 24.1. The molecule has 3 rings (SSSR count). The second-order valence-electron chi connectivity index (χ2n) is 12.0. The Morgan fingerprint density at radius 2 is 1.45 bits per heavy atom. The normalized spacial score (nSPS) is 19.4. The summed E-state index contributed by atoms with van der Waals surface area (Å²) in [4.78, 5) is 0. The number of nitrogens with zero attached hydrogens (tertiary/aromatic N) is 1. The number of benzene rings is 2. The number of hydrogen-bond acceptors (Lipinski definition) is 3. The Kier molecular flexibility index (Phi) is 13.2. The van der Waals surface area contributed by atoms with E-state index in [9.17, 15) is 5.26 Å². The third-order valence-corrected chi connectivity index (χ3v) is 8.43. The molecular formula is C35H51NO2. The predicted octanol–water partition coefficient (Wildman–Crippen LogP) is 9.84. The fraction of sp³-hybridized carbons (Fsp3) is 0.629. The van der Waals surface area contributed by atoms with Gasteiger partial charge in [0.05, 0.1) is 18.1 Å². The zero-order valence-electron chi connectivity index (χ0n) is 24.1. The fourth-order valence-electron chi connectivity index (χ4n) is 5.95. The lowest BCUT2D eigenvalue weighted by molar-refractivity contribution is 0.218. The van der Waals surface area contributed by atoms with Crippen molar-refractivity contribution in [3.8, 4) is 22.9 Å². The number of nitriles is 1. The molecule has 1 N–H and O–H groups in total. The standard InChI is InChI=1S/C35H51NO2/c1-29(2)22-26-38-34-20-18-31(19-21-34)30-14-16-32(17-15-30)33-13-12-24-35(27-33,28-36)23-10-8-6-4-3-5-7-9-11-25-37/h14-21,29,33,37H,3-13,22-27H2,1-2H3. The van der Waals surface area contributed by atoms with Gasteiger partial charge in [-0.3, -0.25) is 0 Å². The van der Waals surface area contributed by atoms with E-state index in [4.69, 9.17) is 9.84 Å². The van der Waals surface area contributed by atoms with Gasteiger partial charge in [-0.25, -0.2) is 0 Å². The van der Waals surface area contributed by atoms with E-state index in [-0.39, 0.29) is 5.41 Å². The van der Waals surface area contributed by atoms with Crippen LogP contribution >= 0.6 is 0 Å². The molecule has 0 heterocycles. The maximum Gasteiger partial charge on any atom is 0.119 e. The molecule has 1 saturated carbocycles. The number of rotatable bonds is 17. The van der Waals surface area contributed by atoms with Gasteiger partial charge >= 0.3 is 0 Å². The molecule has 1 aliphatic carbocycles.